The second-order valence-corrected chi connectivity index (χ2v) is 10.8. The highest BCUT2D eigenvalue weighted by atomic mass is 16.2. The summed E-state index contributed by atoms with van der Waals surface area (Å²) in [6.45, 7) is 4.02. The fraction of sp³-hybridized carbons (Fsp3) is 0.742. The Bertz CT molecular complexity index is 839. The van der Waals surface area contributed by atoms with Crippen molar-refractivity contribution in [3.05, 3.63) is 30.1 Å². The predicted octanol–water partition coefficient (Wildman–Crippen LogP) is 8.37. The van der Waals surface area contributed by atoms with Gasteiger partial charge in [-0.25, -0.2) is 4.98 Å². The Hall–Kier alpha value is -1.84. The molecule has 2 aromatic rings. The van der Waals surface area contributed by atoms with Crippen molar-refractivity contribution < 1.29 is 4.79 Å². The highest BCUT2D eigenvalue weighted by Gasteiger charge is 2.29. The molecule has 35 heavy (non-hydrogen) atoms. The molecule has 1 amide bonds. The first-order valence-electron chi connectivity index (χ1n) is 15.0. The van der Waals surface area contributed by atoms with E-state index in [4.69, 9.17) is 4.98 Å². The van der Waals surface area contributed by atoms with Gasteiger partial charge in [0, 0.05) is 25.4 Å². The maximum atomic E-state index is 12.0. The van der Waals surface area contributed by atoms with Crippen LogP contribution in [0.4, 0.5) is 0 Å². The lowest BCUT2D eigenvalue weighted by Gasteiger charge is -2.10. The smallest absolute Gasteiger partial charge is 0.223 e. The zero-order chi connectivity index (χ0) is 24.6. The number of benzene rings is 1. The standard InChI is InChI=1S/C31H51N3O/c1-2-3-4-5-6-7-8-9-10-11-12-13-14-15-16-19-26-34-29-21-18-17-20-28(29)33-30(34)24-25-32-31(35)27-22-23-27/h17-18,20-21,27H,2-16,19,22-26H2,1H3,(H,32,35). The summed E-state index contributed by atoms with van der Waals surface area (Å²) in [4.78, 5) is 16.8. The van der Waals surface area contributed by atoms with Crippen LogP contribution < -0.4 is 5.32 Å². The first kappa shape index (κ1) is 27.7. The van der Waals surface area contributed by atoms with E-state index in [1.54, 1.807) is 0 Å². The van der Waals surface area contributed by atoms with Gasteiger partial charge in [-0.2, -0.15) is 0 Å². The Kier molecular flexibility index (Phi) is 13.3. The minimum absolute atomic E-state index is 0.227. The number of hydrogen-bond donors (Lipinski definition) is 1. The third-order valence-corrected chi connectivity index (χ3v) is 7.56. The number of aryl methyl sites for hydroxylation is 1. The number of nitrogens with one attached hydrogen (secondary N) is 1. The average Bonchev–Trinajstić information content (AvgIpc) is 3.66. The Morgan fingerprint density at radius 2 is 1.37 bits per heavy atom. The third kappa shape index (κ3) is 10.8. The zero-order valence-electron chi connectivity index (χ0n) is 22.5. The number of imidazole rings is 1. The van der Waals surface area contributed by atoms with Crippen molar-refractivity contribution in [3.8, 4) is 0 Å². The molecular weight excluding hydrogens is 430 g/mol. The summed E-state index contributed by atoms with van der Waals surface area (Å²) in [5.74, 6) is 1.62. The van der Waals surface area contributed by atoms with Gasteiger partial charge in [-0.1, -0.05) is 115 Å². The summed E-state index contributed by atoms with van der Waals surface area (Å²) in [6, 6.07) is 8.45. The molecule has 3 rings (SSSR count). The predicted molar refractivity (Wildman–Crippen MR) is 149 cm³/mol. The van der Waals surface area contributed by atoms with Crippen LogP contribution >= 0.6 is 0 Å². The molecule has 4 heteroatoms. The number of aromatic nitrogens is 2. The molecule has 1 saturated carbocycles. The Morgan fingerprint density at radius 1 is 0.829 bits per heavy atom. The zero-order valence-corrected chi connectivity index (χ0v) is 22.5. The molecular formula is C31H51N3O. The monoisotopic (exact) mass is 481 g/mol. The van der Waals surface area contributed by atoms with E-state index >= 15 is 0 Å². The van der Waals surface area contributed by atoms with Gasteiger partial charge in [0.1, 0.15) is 5.82 Å². The number of nitrogens with zero attached hydrogens (tertiary/aromatic N) is 2. The number of para-hydroxylation sites is 2. The number of rotatable bonds is 21. The molecule has 196 valence electrons. The molecule has 1 aliphatic carbocycles. The van der Waals surface area contributed by atoms with E-state index in [1.807, 2.05) is 0 Å². The Morgan fingerprint density at radius 3 is 1.94 bits per heavy atom. The molecule has 1 aliphatic rings. The average molecular weight is 482 g/mol. The van der Waals surface area contributed by atoms with Crippen LogP contribution in [0.1, 0.15) is 128 Å². The lowest BCUT2D eigenvalue weighted by atomic mass is 10.0. The van der Waals surface area contributed by atoms with Gasteiger partial charge in [0.05, 0.1) is 11.0 Å². The molecule has 0 unspecified atom stereocenters. The van der Waals surface area contributed by atoms with Crippen LogP contribution in [-0.4, -0.2) is 22.0 Å². The molecule has 0 aliphatic heterocycles. The number of carbonyl (C=O) groups excluding carboxylic acids is 1. The normalized spacial score (nSPS) is 13.5. The lowest BCUT2D eigenvalue weighted by molar-refractivity contribution is -0.122. The van der Waals surface area contributed by atoms with Crippen LogP contribution in [0.2, 0.25) is 0 Å². The van der Waals surface area contributed by atoms with E-state index in [9.17, 15) is 4.79 Å². The Balaban J connectivity index is 1.22. The number of carbonyl (C=O) groups is 1. The van der Waals surface area contributed by atoms with E-state index in [2.05, 4.69) is 41.1 Å². The van der Waals surface area contributed by atoms with Crippen LogP contribution in [-0.2, 0) is 17.8 Å². The fourth-order valence-corrected chi connectivity index (χ4v) is 5.17. The number of unbranched alkanes of at least 4 members (excludes halogenated alkanes) is 15. The van der Waals surface area contributed by atoms with Crippen LogP contribution in [0, 0.1) is 5.92 Å². The first-order chi connectivity index (χ1) is 17.3. The fourth-order valence-electron chi connectivity index (χ4n) is 5.17. The molecule has 1 aromatic heterocycles. The quantitative estimate of drug-likeness (QED) is 0.182. The number of fused-ring (bicyclic) bond motifs is 1. The maximum Gasteiger partial charge on any atom is 0.223 e. The van der Waals surface area contributed by atoms with Crippen molar-refractivity contribution in [2.45, 2.75) is 135 Å². The summed E-state index contributed by atoms with van der Waals surface area (Å²) in [5.41, 5.74) is 2.31. The van der Waals surface area contributed by atoms with Crippen molar-refractivity contribution in [2.75, 3.05) is 6.54 Å². The van der Waals surface area contributed by atoms with E-state index in [-0.39, 0.29) is 11.8 Å². The van der Waals surface area contributed by atoms with Crippen molar-refractivity contribution in [1.29, 1.82) is 0 Å². The van der Waals surface area contributed by atoms with Crippen LogP contribution in [0.25, 0.3) is 11.0 Å². The molecule has 1 fully saturated rings. The van der Waals surface area contributed by atoms with Gasteiger partial charge in [-0.3, -0.25) is 4.79 Å². The van der Waals surface area contributed by atoms with Crippen molar-refractivity contribution >= 4 is 16.9 Å². The van der Waals surface area contributed by atoms with Gasteiger partial charge in [-0.05, 0) is 31.4 Å². The topological polar surface area (TPSA) is 46.9 Å². The number of hydrogen-bond acceptors (Lipinski definition) is 2. The van der Waals surface area contributed by atoms with E-state index < -0.39 is 0 Å². The second kappa shape index (κ2) is 16.8. The second-order valence-electron chi connectivity index (χ2n) is 10.8. The maximum absolute atomic E-state index is 12.0. The van der Waals surface area contributed by atoms with E-state index in [1.165, 1.54) is 108 Å². The summed E-state index contributed by atoms with van der Waals surface area (Å²) >= 11 is 0. The molecule has 0 bridgehead atoms. The van der Waals surface area contributed by atoms with Crippen LogP contribution in [0.5, 0.6) is 0 Å². The van der Waals surface area contributed by atoms with Gasteiger partial charge < -0.3 is 9.88 Å². The molecule has 4 nitrogen and oxygen atoms in total. The van der Waals surface area contributed by atoms with Crippen LogP contribution in [0.15, 0.2) is 24.3 Å². The highest BCUT2D eigenvalue weighted by molar-refractivity contribution is 5.80. The summed E-state index contributed by atoms with van der Waals surface area (Å²) in [5, 5.41) is 3.10. The van der Waals surface area contributed by atoms with Crippen molar-refractivity contribution in [3.63, 3.8) is 0 Å². The third-order valence-electron chi connectivity index (χ3n) is 7.56. The largest absolute Gasteiger partial charge is 0.355 e. The van der Waals surface area contributed by atoms with Gasteiger partial charge in [0.25, 0.3) is 0 Å². The van der Waals surface area contributed by atoms with Gasteiger partial charge in [-0.15, -0.1) is 0 Å². The summed E-state index contributed by atoms with van der Waals surface area (Å²) < 4.78 is 2.39. The first-order valence-corrected chi connectivity index (χ1v) is 15.0. The SMILES string of the molecule is CCCCCCCCCCCCCCCCCCn1c(CCNC(=O)C2CC2)nc2ccccc21. The molecule has 1 heterocycles. The molecule has 1 N–H and O–H groups in total. The molecule has 0 spiro atoms. The van der Waals surface area contributed by atoms with Gasteiger partial charge in [0.2, 0.25) is 5.91 Å². The van der Waals surface area contributed by atoms with Gasteiger partial charge in [0.15, 0.2) is 0 Å². The molecule has 1 aromatic carbocycles. The molecule has 0 radical (unpaired) electrons. The van der Waals surface area contributed by atoms with Crippen molar-refractivity contribution in [1.82, 2.24) is 14.9 Å². The minimum atomic E-state index is 0.227. The summed E-state index contributed by atoms with van der Waals surface area (Å²) in [7, 11) is 0. The van der Waals surface area contributed by atoms with E-state index in [0.29, 0.717) is 6.54 Å². The molecule has 0 saturated heterocycles. The number of amides is 1. The lowest BCUT2D eigenvalue weighted by Crippen LogP contribution is -2.27. The van der Waals surface area contributed by atoms with Crippen LogP contribution in [0.3, 0.4) is 0 Å². The Labute approximate surface area is 214 Å². The highest BCUT2D eigenvalue weighted by Crippen LogP contribution is 2.28. The van der Waals surface area contributed by atoms with E-state index in [0.717, 1.165) is 37.1 Å². The summed E-state index contributed by atoms with van der Waals surface area (Å²) in [6.07, 6.45) is 25.3. The minimum Gasteiger partial charge on any atom is -0.355 e. The van der Waals surface area contributed by atoms with Gasteiger partial charge >= 0.3 is 0 Å². The molecule has 0 atom stereocenters. The van der Waals surface area contributed by atoms with Crippen molar-refractivity contribution in [2.24, 2.45) is 5.92 Å².